The molecule has 0 saturated carbocycles. The van der Waals surface area contributed by atoms with E-state index in [1.54, 1.807) is 11.8 Å². The highest BCUT2D eigenvalue weighted by molar-refractivity contribution is 8.03. The maximum Gasteiger partial charge on any atom is 0.0122 e. The highest BCUT2D eigenvalue weighted by Gasteiger charge is 1.96. The zero-order chi connectivity index (χ0) is 11.1. The lowest BCUT2D eigenvalue weighted by molar-refractivity contribution is 0.920. The van der Waals surface area contributed by atoms with Crippen molar-refractivity contribution in [2.75, 3.05) is 0 Å². The molecule has 0 bridgehead atoms. The van der Waals surface area contributed by atoms with E-state index in [2.05, 4.69) is 43.8 Å². The Bertz CT molecular complexity index is 333. The van der Waals surface area contributed by atoms with E-state index in [1.165, 1.54) is 28.2 Å². The predicted octanol–water partition coefficient (Wildman–Crippen LogP) is 4.82. The van der Waals surface area contributed by atoms with Gasteiger partial charge in [0.2, 0.25) is 0 Å². The van der Waals surface area contributed by atoms with Crippen LogP contribution in [0.3, 0.4) is 0 Å². The Balaban J connectivity index is 2.67. The first-order chi connectivity index (χ1) is 7.30. The first kappa shape index (κ1) is 12.1. The molecule has 0 spiro atoms. The van der Waals surface area contributed by atoms with Crippen LogP contribution < -0.4 is 0 Å². The van der Waals surface area contributed by atoms with Crippen molar-refractivity contribution in [1.29, 1.82) is 0 Å². The normalized spacial score (nSPS) is 11.5. The van der Waals surface area contributed by atoms with Gasteiger partial charge in [0.15, 0.2) is 0 Å². The van der Waals surface area contributed by atoms with Crippen molar-refractivity contribution in [3.05, 3.63) is 53.5 Å². The van der Waals surface area contributed by atoms with Gasteiger partial charge in [0, 0.05) is 9.80 Å². The lowest BCUT2D eigenvalue weighted by Crippen LogP contribution is -1.82. The van der Waals surface area contributed by atoms with E-state index in [0.717, 1.165) is 0 Å². The second-order valence-electron chi connectivity index (χ2n) is 3.39. The van der Waals surface area contributed by atoms with E-state index in [-0.39, 0.29) is 0 Å². The van der Waals surface area contributed by atoms with Gasteiger partial charge in [0.25, 0.3) is 0 Å². The van der Waals surface area contributed by atoms with Gasteiger partial charge in [-0.1, -0.05) is 56.0 Å². The number of hydrogen-bond donors (Lipinski definition) is 0. The van der Waals surface area contributed by atoms with Gasteiger partial charge in [-0.25, -0.2) is 0 Å². The molecular weight excluding hydrogens is 200 g/mol. The number of allylic oxidation sites excluding steroid dienone is 2. The van der Waals surface area contributed by atoms with Crippen LogP contribution in [0, 0.1) is 0 Å². The van der Waals surface area contributed by atoms with Gasteiger partial charge in [-0.3, -0.25) is 0 Å². The van der Waals surface area contributed by atoms with Crippen LogP contribution in [-0.2, 0) is 6.42 Å². The summed E-state index contributed by atoms with van der Waals surface area (Å²) in [5, 5.41) is 0. The molecule has 15 heavy (non-hydrogen) atoms. The van der Waals surface area contributed by atoms with Gasteiger partial charge in [0.05, 0.1) is 0 Å². The van der Waals surface area contributed by atoms with Gasteiger partial charge in [-0.15, -0.1) is 0 Å². The predicted molar refractivity (Wildman–Crippen MR) is 70.2 cm³/mol. The van der Waals surface area contributed by atoms with Crippen LogP contribution in [0.15, 0.2) is 52.8 Å². The third-order valence-corrected chi connectivity index (χ3v) is 3.33. The third-order valence-electron chi connectivity index (χ3n) is 2.18. The minimum Gasteiger partial charge on any atom is -0.0980 e. The second kappa shape index (κ2) is 6.52. The van der Waals surface area contributed by atoms with Crippen LogP contribution >= 0.6 is 11.8 Å². The Morgan fingerprint density at radius 3 is 2.47 bits per heavy atom. The van der Waals surface area contributed by atoms with Gasteiger partial charge >= 0.3 is 0 Å². The molecule has 1 aromatic rings. The largest absolute Gasteiger partial charge is 0.0980 e. The van der Waals surface area contributed by atoms with Gasteiger partial charge < -0.3 is 0 Å². The fourth-order valence-electron chi connectivity index (χ4n) is 1.37. The number of hydrogen-bond acceptors (Lipinski definition) is 1. The van der Waals surface area contributed by atoms with E-state index in [9.17, 15) is 0 Å². The minimum absolute atomic E-state index is 1.17. The van der Waals surface area contributed by atoms with Crippen molar-refractivity contribution in [3.8, 4) is 0 Å². The molecule has 0 nitrogen and oxygen atoms in total. The van der Waals surface area contributed by atoms with Gasteiger partial charge in [-0.2, -0.15) is 0 Å². The maximum absolute atomic E-state index is 3.79. The molecule has 0 saturated heterocycles. The molecule has 0 unspecified atom stereocenters. The molecule has 1 heteroatoms. The fourth-order valence-corrected chi connectivity index (χ4v) is 2.11. The second-order valence-corrected chi connectivity index (χ2v) is 4.54. The summed E-state index contributed by atoms with van der Waals surface area (Å²) in [4.78, 5) is 2.49. The summed E-state index contributed by atoms with van der Waals surface area (Å²) in [5.74, 6) is 0. The SMILES string of the molecule is C=C/C(=C\C)Sc1ccc(CCC)cc1. The molecule has 0 atom stereocenters. The molecule has 1 aromatic carbocycles. The van der Waals surface area contributed by atoms with Gasteiger partial charge in [0.1, 0.15) is 0 Å². The van der Waals surface area contributed by atoms with Crippen LogP contribution in [-0.4, -0.2) is 0 Å². The Morgan fingerprint density at radius 2 is 2.00 bits per heavy atom. The molecule has 0 aromatic heterocycles. The van der Waals surface area contributed by atoms with Crippen LogP contribution in [0.5, 0.6) is 0 Å². The monoisotopic (exact) mass is 218 g/mol. The molecule has 0 aliphatic rings. The van der Waals surface area contributed by atoms with E-state index < -0.39 is 0 Å². The average molecular weight is 218 g/mol. The molecule has 0 aliphatic heterocycles. The van der Waals surface area contributed by atoms with Crippen molar-refractivity contribution in [2.24, 2.45) is 0 Å². The van der Waals surface area contributed by atoms with Crippen LogP contribution in [0.2, 0.25) is 0 Å². The molecule has 0 aliphatic carbocycles. The summed E-state index contributed by atoms with van der Waals surface area (Å²) in [6, 6.07) is 8.79. The fraction of sp³-hybridized carbons (Fsp3) is 0.286. The van der Waals surface area contributed by atoms with Crippen molar-refractivity contribution < 1.29 is 0 Å². The van der Waals surface area contributed by atoms with Crippen LogP contribution in [0.25, 0.3) is 0 Å². The highest BCUT2D eigenvalue weighted by Crippen LogP contribution is 2.27. The zero-order valence-electron chi connectivity index (χ0n) is 9.49. The molecule has 0 N–H and O–H groups in total. The van der Waals surface area contributed by atoms with Crippen molar-refractivity contribution in [1.82, 2.24) is 0 Å². The maximum atomic E-state index is 3.79. The van der Waals surface area contributed by atoms with Crippen molar-refractivity contribution in [3.63, 3.8) is 0 Å². The van der Waals surface area contributed by atoms with Crippen LogP contribution in [0.1, 0.15) is 25.8 Å². The zero-order valence-corrected chi connectivity index (χ0v) is 10.3. The van der Waals surface area contributed by atoms with E-state index in [4.69, 9.17) is 0 Å². The molecule has 0 heterocycles. The first-order valence-corrected chi connectivity index (χ1v) is 6.17. The molecular formula is C14H18S. The Hall–Kier alpha value is -0.950. The summed E-state index contributed by atoms with van der Waals surface area (Å²) in [6.45, 7) is 8.03. The van der Waals surface area contributed by atoms with E-state index in [1.807, 2.05) is 13.0 Å². The third kappa shape index (κ3) is 3.96. The number of benzene rings is 1. The van der Waals surface area contributed by atoms with Gasteiger partial charge in [-0.05, 0) is 31.0 Å². The Kier molecular flexibility index (Phi) is 5.27. The van der Waals surface area contributed by atoms with E-state index in [0.29, 0.717) is 0 Å². The first-order valence-electron chi connectivity index (χ1n) is 5.35. The number of aryl methyl sites for hydroxylation is 1. The quantitative estimate of drug-likeness (QED) is 0.504. The number of thioether (sulfide) groups is 1. The summed E-state index contributed by atoms with van der Waals surface area (Å²) < 4.78 is 0. The summed E-state index contributed by atoms with van der Waals surface area (Å²) in [5.41, 5.74) is 1.42. The summed E-state index contributed by atoms with van der Waals surface area (Å²) in [7, 11) is 0. The Labute approximate surface area is 97.1 Å². The molecule has 0 amide bonds. The highest BCUT2D eigenvalue weighted by atomic mass is 32.2. The van der Waals surface area contributed by atoms with Crippen molar-refractivity contribution >= 4 is 11.8 Å². The lowest BCUT2D eigenvalue weighted by atomic mass is 10.1. The molecule has 1 rings (SSSR count). The molecule has 0 radical (unpaired) electrons. The molecule has 0 fully saturated rings. The van der Waals surface area contributed by atoms with Crippen molar-refractivity contribution in [2.45, 2.75) is 31.6 Å². The Morgan fingerprint density at radius 1 is 1.33 bits per heavy atom. The van der Waals surface area contributed by atoms with E-state index >= 15 is 0 Å². The standard InChI is InChI=1S/C14H18S/c1-4-7-12-8-10-14(11-9-12)15-13(5-2)6-3/h5-6,8-11H,2,4,7H2,1,3H3/b13-6+. The van der Waals surface area contributed by atoms with Crippen LogP contribution in [0.4, 0.5) is 0 Å². The number of rotatable bonds is 5. The smallest absolute Gasteiger partial charge is 0.0122 e. The minimum atomic E-state index is 1.17. The summed E-state index contributed by atoms with van der Waals surface area (Å²) in [6.07, 6.45) is 6.35. The lowest BCUT2D eigenvalue weighted by Gasteiger charge is -2.03. The average Bonchev–Trinajstić information content (AvgIpc) is 2.28. The summed E-state index contributed by atoms with van der Waals surface area (Å²) >= 11 is 1.76. The molecule has 80 valence electrons. The topological polar surface area (TPSA) is 0 Å².